The highest BCUT2D eigenvalue weighted by Crippen LogP contribution is 2.13. The molecule has 7 aromatic rings. The monoisotopic (exact) mass is 1840 g/mol. The molecule has 0 saturated heterocycles. The van der Waals surface area contributed by atoms with E-state index in [0.29, 0.717) is 57.4 Å². The molecule has 0 spiro atoms. The standard InChI is InChI=1S/C22H24N2O5.C21H22N2O5.2C19H26N2O5.C17H22N2O5/c1-28-20(25)12-13-21(26)29-16-19(14-17-8-4-2-5-9-17)24-22(27)23-15-18-10-6-3-7-11-18;1-27-19(24)12-13-20(25)28-15-18(14-16-8-4-2-5-9-16)23-21(26)22-17-10-6-3-7-11-17;1-19(2,3)21-18(24)20-15(12-14-8-6-5-7-9-14)13-26-17(23)11-10-16(22)25-4;1-4-21(5-2)19(24)20-16(13-15-9-7-6-8-10-15)14-26-18(23)12-11-17(22)25-3;1-19(2)17(22)18-14(11-13-7-5-4-6-8-13)12-24-16(21)10-9-15(20)23-3/h2-13,19H,14-16H2,1H3,(H2,23,24,27);2-13,18H,14-15H2,1H3,(H2,22,23,26);5-11,15H,12-13H2,1-4H3,(H2,20,21,24);6-12,16H,4-5,13-14H2,1-3H3,(H,20,24);4-10,14H,11-12H2,1-3H3,(H,18,22)/b2*13-12+;11-10+;12-11+;10-9+/t19-;18-;15-;16-;14-/m00000/s1. The molecule has 5 atom stereocenters. The zero-order valence-corrected chi connectivity index (χ0v) is 76.7. The first-order chi connectivity index (χ1) is 63.7. The number of hydrogen-bond donors (Lipinski definition) is 8. The van der Waals surface area contributed by atoms with Crippen LogP contribution in [0.15, 0.2) is 273 Å². The fourth-order valence-corrected chi connectivity index (χ4v) is 11.0. The van der Waals surface area contributed by atoms with Crippen molar-refractivity contribution >= 4 is 95.5 Å². The number of esters is 10. The van der Waals surface area contributed by atoms with E-state index >= 15 is 0 Å². The zero-order chi connectivity index (χ0) is 98.0. The molecule has 0 aliphatic heterocycles. The molecular formula is C98H120N10O25. The lowest BCUT2D eigenvalue weighted by Gasteiger charge is -2.24. The van der Waals surface area contributed by atoms with Gasteiger partial charge < -0.3 is 99.7 Å². The molecular weight excluding hydrogens is 1720 g/mol. The van der Waals surface area contributed by atoms with Crippen LogP contribution >= 0.6 is 0 Å². The minimum atomic E-state index is -0.700. The van der Waals surface area contributed by atoms with Crippen LogP contribution in [-0.4, -0.2) is 231 Å². The van der Waals surface area contributed by atoms with Crippen LogP contribution in [0.4, 0.5) is 29.7 Å². The second-order valence-electron chi connectivity index (χ2n) is 29.5. The van der Waals surface area contributed by atoms with Crippen LogP contribution in [0.1, 0.15) is 68.0 Å². The maximum absolute atomic E-state index is 12.3. The lowest BCUT2D eigenvalue weighted by Crippen LogP contribution is -2.51. The van der Waals surface area contributed by atoms with Gasteiger partial charge in [0.2, 0.25) is 0 Å². The van der Waals surface area contributed by atoms with Crippen LogP contribution < -0.4 is 42.5 Å². The number of ether oxygens (including phenoxy) is 10. The fraction of sp³-hybridized carbons (Fsp3) is 0.316. The van der Waals surface area contributed by atoms with Crippen molar-refractivity contribution in [2.24, 2.45) is 0 Å². The van der Waals surface area contributed by atoms with Gasteiger partial charge in [-0.2, -0.15) is 0 Å². The van der Waals surface area contributed by atoms with E-state index in [1.54, 1.807) is 31.1 Å². The third-order valence-corrected chi connectivity index (χ3v) is 17.5. The SMILES string of the molecule is CCN(CC)C(=O)N[C@H](COC(=O)/C=C/C(=O)OC)Cc1ccccc1.COC(=O)/C=C/C(=O)OC[C@H](Cc1ccccc1)NC(=O)N(C)C.COC(=O)/C=C/C(=O)OC[C@H](Cc1ccccc1)NC(=O)NC(C)(C)C.COC(=O)/C=C/C(=O)OC[C@H](Cc1ccccc1)NC(=O)NCc1ccccc1.COC(=O)/C=C/C(=O)OC[C@H](Cc1ccccc1)NC(=O)Nc1ccccc1. The number of methoxy groups -OCH3 is 5. The Balaban J connectivity index is 0.000000429. The normalized spacial score (nSPS) is 11.7. The Bertz CT molecular complexity index is 4860. The minimum absolute atomic E-state index is 0.00769. The molecule has 0 heterocycles. The highest BCUT2D eigenvalue weighted by atomic mass is 16.6. The van der Waals surface area contributed by atoms with E-state index in [1.807, 2.05) is 235 Å². The van der Waals surface area contributed by atoms with Crippen molar-refractivity contribution in [2.75, 3.05) is 101 Å². The molecule has 0 aromatic heterocycles. The summed E-state index contributed by atoms with van der Waals surface area (Å²) in [6.45, 7) is 10.8. The molecule has 0 saturated carbocycles. The van der Waals surface area contributed by atoms with Gasteiger partial charge in [0, 0.05) is 106 Å². The van der Waals surface area contributed by atoms with E-state index in [1.165, 1.54) is 40.4 Å². The molecule has 0 radical (unpaired) electrons. The summed E-state index contributed by atoms with van der Waals surface area (Å²) in [5, 5.41) is 22.4. The molecule has 133 heavy (non-hydrogen) atoms. The minimum Gasteiger partial charge on any atom is -0.466 e. The summed E-state index contributed by atoms with van der Waals surface area (Å²) in [7, 11) is 9.32. The molecule has 0 fully saturated rings. The van der Waals surface area contributed by atoms with Gasteiger partial charge in [0.15, 0.2) is 0 Å². The van der Waals surface area contributed by atoms with E-state index in [0.717, 1.165) is 94.1 Å². The van der Waals surface area contributed by atoms with Crippen LogP contribution in [0.5, 0.6) is 0 Å². The average Bonchev–Trinajstić information content (AvgIpc) is 0.905. The van der Waals surface area contributed by atoms with E-state index in [-0.39, 0.29) is 68.7 Å². The maximum atomic E-state index is 12.3. The topological polar surface area (TPSA) is 451 Å². The number of benzene rings is 7. The third kappa shape index (κ3) is 54.9. The summed E-state index contributed by atoms with van der Waals surface area (Å²) in [5.41, 5.74) is 6.21. The first kappa shape index (κ1) is 111. The Hall–Kier alpha value is -15.7. The number of carbonyl (C=O) groups is 15. The molecule has 0 unspecified atom stereocenters. The van der Waals surface area contributed by atoms with E-state index in [9.17, 15) is 71.9 Å². The number of hydrogen-bond acceptors (Lipinski definition) is 25. The maximum Gasteiger partial charge on any atom is 0.331 e. The van der Waals surface area contributed by atoms with Gasteiger partial charge in [0.1, 0.15) is 33.0 Å². The highest BCUT2D eigenvalue weighted by molar-refractivity contribution is 5.95. The highest BCUT2D eigenvalue weighted by Gasteiger charge is 2.24. The first-order valence-electron chi connectivity index (χ1n) is 41.9. The van der Waals surface area contributed by atoms with Gasteiger partial charge in [-0.15, -0.1) is 0 Å². The zero-order valence-electron chi connectivity index (χ0n) is 76.7. The van der Waals surface area contributed by atoms with Gasteiger partial charge in [-0.1, -0.05) is 200 Å². The van der Waals surface area contributed by atoms with Gasteiger partial charge in [-0.25, -0.2) is 71.9 Å². The Morgan fingerprint density at radius 2 is 0.519 bits per heavy atom. The summed E-state index contributed by atoms with van der Waals surface area (Å²) in [4.78, 5) is 177. The molecule has 10 amide bonds. The van der Waals surface area contributed by atoms with Crippen molar-refractivity contribution < 1.29 is 119 Å². The fourth-order valence-electron chi connectivity index (χ4n) is 11.0. The van der Waals surface area contributed by atoms with Crippen LogP contribution in [0.2, 0.25) is 0 Å². The molecule has 35 nitrogen and oxygen atoms in total. The molecule has 8 N–H and O–H groups in total. The smallest absolute Gasteiger partial charge is 0.331 e. The van der Waals surface area contributed by atoms with Crippen LogP contribution in [-0.2, 0) is 134 Å². The van der Waals surface area contributed by atoms with Crippen molar-refractivity contribution in [1.82, 2.24) is 47.0 Å². The number of nitrogens with zero attached hydrogens (tertiary/aromatic N) is 2. The summed E-state index contributed by atoms with van der Waals surface area (Å²) in [5.74, 6) is -6.68. The summed E-state index contributed by atoms with van der Waals surface area (Å²) < 4.78 is 47.7. The van der Waals surface area contributed by atoms with Crippen LogP contribution in [0, 0.1) is 0 Å². The summed E-state index contributed by atoms with van der Waals surface area (Å²) in [6, 6.07) is 62.6. The Morgan fingerprint density at radius 1 is 0.293 bits per heavy atom. The Labute approximate surface area is 774 Å². The molecule has 35 heteroatoms. The number of rotatable bonds is 40. The quantitative estimate of drug-likeness (QED) is 0.0100. The predicted molar refractivity (Wildman–Crippen MR) is 496 cm³/mol. The molecule has 0 bridgehead atoms. The van der Waals surface area contributed by atoms with E-state index in [4.69, 9.17) is 23.7 Å². The van der Waals surface area contributed by atoms with Gasteiger partial charge in [0.25, 0.3) is 0 Å². The average molecular weight is 1840 g/mol. The lowest BCUT2D eigenvalue weighted by molar-refractivity contribution is -0.140. The van der Waals surface area contributed by atoms with Crippen molar-refractivity contribution in [1.29, 1.82) is 0 Å². The molecule has 7 rings (SSSR count). The van der Waals surface area contributed by atoms with Gasteiger partial charge in [-0.05, 0) is 112 Å². The van der Waals surface area contributed by atoms with Crippen LogP contribution in [0.25, 0.3) is 0 Å². The predicted octanol–water partition coefficient (Wildman–Crippen LogP) is 10.1. The largest absolute Gasteiger partial charge is 0.466 e. The number of nitrogens with one attached hydrogen (secondary N) is 8. The molecule has 712 valence electrons. The van der Waals surface area contributed by atoms with E-state index in [2.05, 4.69) is 66.2 Å². The third-order valence-electron chi connectivity index (χ3n) is 17.5. The molecule has 7 aromatic carbocycles. The number of para-hydroxylation sites is 1. The summed E-state index contributed by atoms with van der Waals surface area (Å²) >= 11 is 0. The van der Waals surface area contributed by atoms with Gasteiger partial charge in [0.05, 0.1) is 65.8 Å². The van der Waals surface area contributed by atoms with Crippen molar-refractivity contribution in [2.45, 2.75) is 109 Å². The molecule has 0 aliphatic rings. The van der Waals surface area contributed by atoms with Gasteiger partial charge in [-0.3, -0.25) is 0 Å². The molecule has 0 aliphatic carbocycles. The van der Waals surface area contributed by atoms with Crippen molar-refractivity contribution in [3.8, 4) is 0 Å². The van der Waals surface area contributed by atoms with Gasteiger partial charge >= 0.3 is 89.8 Å². The lowest BCUT2D eigenvalue weighted by atomic mass is 10.1. The number of carbonyl (C=O) groups excluding carboxylic acids is 15. The summed E-state index contributed by atoms with van der Waals surface area (Å²) in [6.07, 6.45) is 12.3. The number of anilines is 1. The Kier molecular flexibility index (Phi) is 55.1. The number of urea groups is 5. The Morgan fingerprint density at radius 3 is 0.767 bits per heavy atom. The van der Waals surface area contributed by atoms with Crippen molar-refractivity contribution in [3.05, 3.63) is 306 Å². The van der Waals surface area contributed by atoms with Crippen molar-refractivity contribution in [3.63, 3.8) is 0 Å². The first-order valence-corrected chi connectivity index (χ1v) is 41.9. The van der Waals surface area contributed by atoms with Crippen LogP contribution in [0.3, 0.4) is 0 Å². The number of amides is 10. The van der Waals surface area contributed by atoms with E-state index < -0.39 is 89.9 Å². The second kappa shape index (κ2) is 65.8. The second-order valence-corrected chi connectivity index (χ2v) is 29.5.